The Bertz CT molecular complexity index is 1400. The van der Waals surface area contributed by atoms with Crippen molar-refractivity contribution in [3.63, 3.8) is 0 Å². The fourth-order valence-electron chi connectivity index (χ4n) is 7.81. The number of carbonyl (C=O) groups excluding carboxylic acids is 6. The molecule has 14 heteroatoms. The molecule has 14 nitrogen and oxygen atoms in total. The van der Waals surface area contributed by atoms with Gasteiger partial charge < -0.3 is 38.3 Å². The summed E-state index contributed by atoms with van der Waals surface area (Å²) in [6, 6.07) is 7.80. The zero-order valence-electron chi connectivity index (χ0n) is 27.0. The minimum Gasteiger partial charge on any atom is -0.465 e. The highest BCUT2D eigenvalue weighted by molar-refractivity contribution is 5.89. The second kappa shape index (κ2) is 12.3. The van der Waals surface area contributed by atoms with Gasteiger partial charge in [0.05, 0.1) is 22.7 Å². The highest BCUT2D eigenvalue weighted by atomic mass is 16.7. The molecular formula is C32H40O14. The predicted molar refractivity (Wildman–Crippen MR) is 154 cm³/mol. The van der Waals surface area contributed by atoms with Gasteiger partial charge in [-0.05, 0) is 32.9 Å². The Kier molecular flexibility index (Phi) is 9.30. The summed E-state index contributed by atoms with van der Waals surface area (Å²) in [4.78, 5) is 77.1. The van der Waals surface area contributed by atoms with Crippen LogP contribution in [-0.2, 0) is 57.1 Å². The van der Waals surface area contributed by atoms with E-state index >= 15 is 0 Å². The van der Waals surface area contributed by atoms with Crippen molar-refractivity contribution >= 4 is 35.8 Å². The van der Waals surface area contributed by atoms with Gasteiger partial charge in [0.25, 0.3) is 0 Å². The molecule has 0 radical (unpaired) electrons. The van der Waals surface area contributed by atoms with E-state index in [0.29, 0.717) is 0 Å². The SMILES string of the molecule is CC(=O)OC[C@]12[C@H](OC(=O)c3ccccc3)[C@@H](OC(C)=O)[C@@H]3[C@@H](OC(C)=O)[C@]1(OC3(C)C)[C@@](C)(O)C[C@H](OC(C)=O)[C@@H]2OC(C)=O. The topological polar surface area (TPSA) is 187 Å². The summed E-state index contributed by atoms with van der Waals surface area (Å²) in [5.41, 5.74) is -7.92. The minimum atomic E-state index is -2.25. The molecule has 0 amide bonds. The maximum Gasteiger partial charge on any atom is 0.338 e. The van der Waals surface area contributed by atoms with Crippen molar-refractivity contribution in [2.75, 3.05) is 6.61 Å². The number of carbonyl (C=O) groups is 6. The fourth-order valence-corrected chi connectivity index (χ4v) is 7.81. The van der Waals surface area contributed by atoms with Gasteiger partial charge in [0.15, 0.2) is 17.8 Å². The third-order valence-electron chi connectivity index (χ3n) is 9.01. The molecule has 0 aromatic heterocycles. The smallest absolute Gasteiger partial charge is 0.338 e. The second-order valence-electron chi connectivity index (χ2n) is 12.7. The van der Waals surface area contributed by atoms with Crippen molar-refractivity contribution in [1.29, 1.82) is 0 Å². The lowest BCUT2D eigenvalue weighted by Crippen LogP contribution is -2.85. The highest BCUT2D eigenvalue weighted by Gasteiger charge is 2.89. The lowest BCUT2D eigenvalue weighted by molar-refractivity contribution is -0.363. The number of ether oxygens (including phenoxy) is 7. The Morgan fingerprint density at radius 1 is 0.739 bits per heavy atom. The van der Waals surface area contributed by atoms with Crippen LogP contribution in [0.3, 0.4) is 0 Å². The first-order chi connectivity index (χ1) is 21.3. The van der Waals surface area contributed by atoms with Gasteiger partial charge in [-0.1, -0.05) is 18.2 Å². The van der Waals surface area contributed by atoms with E-state index in [1.54, 1.807) is 32.0 Å². The van der Waals surface area contributed by atoms with Crippen LogP contribution in [0.5, 0.6) is 0 Å². The van der Waals surface area contributed by atoms with Crippen molar-refractivity contribution < 1.29 is 67.0 Å². The first-order valence-corrected chi connectivity index (χ1v) is 14.8. The molecule has 9 atom stereocenters. The van der Waals surface area contributed by atoms with Crippen LogP contribution in [0.1, 0.15) is 72.2 Å². The number of esters is 6. The van der Waals surface area contributed by atoms with E-state index in [0.717, 1.165) is 34.6 Å². The van der Waals surface area contributed by atoms with Gasteiger partial charge in [0, 0.05) is 41.0 Å². The number of rotatable bonds is 8. The summed E-state index contributed by atoms with van der Waals surface area (Å²) in [6.07, 6.45) is -8.28. The summed E-state index contributed by atoms with van der Waals surface area (Å²) in [5.74, 6) is -6.19. The molecule has 1 aliphatic heterocycles. The molecular weight excluding hydrogens is 608 g/mol. The third kappa shape index (κ3) is 5.72. The van der Waals surface area contributed by atoms with Crippen LogP contribution in [0.4, 0.5) is 0 Å². The molecule has 2 bridgehead atoms. The molecule has 1 heterocycles. The number of aliphatic hydroxyl groups is 1. The van der Waals surface area contributed by atoms with E-state index in [9.17, 15) is 33.9 Å². The molecule has 0 unspecified atom stereocenters. The highest BCUT2D eigenvalue weighted by Crippen LogP contribution is 2.69. The van der Waals surface area contributed by atoms with Crippen molar-refractivity contribution in [1.82, 2.24) is 0 Å². The van der Waals surface area contributed by atoms with E-state index in [-0.39, 0.29) is 5.56 Å². The van der Waals surface area contributed by atoms with Crippen LogP contribution in [0, 0.1) is 11.3 Å². The van der Waals surface area contributed by atoms with E-state index in [2.05, 4.69) is 0 Å². The Morgan fingerprint density at radius 3 is 1.80 bits per heavy atom. The van der Waals surface area contributed by atoms with Crippen LogP contribution in [-0.4, -0.2) is 94.9 Å². The van der Waals surface area contributed by atoms with Crippen molar-refractivity contribution in [3.8, 4) is 0 Å². The normalized spacial score (nSPS) is 35.5. The molecule has 3 fully saturated rings. The van der Waals surface area contributed by atoms with Crippen LogP contribution in [0.2, 0.25) is 0 Å². The number of hydrogen-bond donors (Lipinski definition) is 1. The van der Waals surface area contributed by atoms with Gasteiger partial charge in [-0.15, -0.1) is 0 Å². The Morgan fingerprint density at radius 2 is 1.28 bits per heavy atom. The molecule has 1 N–H and O–H groups in total. The number of benzene rings is 1. The average molecular weight is 649 g/mol. The van der Waals surface area contributed by atoms with Crippen molar-refractivity contribution in [2.45, 2.75) is 109 Å². The predicted octanol–water partition coefficient (Wildman–Crippen LogP) is 1.82. The minimum absolute atomic E-state index is 0.0820. The van der Waals surface area contributed by atoms with Crippen LogP contribution in [0.25, 0.3) is 0 Å². The van der Waals surface area contributed by atoms with Gasteiger partial charge in [0.2, 0.25) is 0 Å². The largest absolute Gasteiger partial charge is 0.465 e. The van der Waals surface area contributed by atoms with Gasteiger partial charge in [-0.3, -0.25) is 24.0 Å². The van der Waals surface area contributed by atoms with E-state index in [1.807, 2.05) is 0 Å². The first-order valence-electron chi connectivity index (χ1n) is 14.8. The Balaban J connectivity index is 2.18. The maximum absolute atomic E-state index is 13.8. The number of hydrogen-bond acceptors (Lipinski definition) is 14. The monoisotopic (exact) mass is 648 g/mol. The number of fused-ring (bicyclic) bond motifs is 1. The zero-order valence-corrected chi connectivity index (χ0v) is 27.0. The summed E-state index contributed by atoms with van der Waals surface area (Å²) in [7, 11) is 0. The van der Waals surface area contributed by atoms with Gasteiger partial charge in [0.1, 0.15) is 30.3 Å². The summed E-state index contributed by atoms with van der Waals surface area (Å²) < 4.78 is 41.9. The molecule has 46 heavy (non-hydrogen) atoms. The van der Waals surface area contributed by atoms with Crippen LogP contribution >= 0.6 is 0 Å². The van der Waals surface area contributed by atoms with Crippen LogP contribution in [0.15, 0.2) is 30.3 Å². The Labute approximate surface area is 265 Å². The Hall–Kier alpha value is -4.04. The zero-order chi connectivity index (χ0) is 34.4. The molecule has 2 aliphatic carbocycles. The standard InChI is InChI=1S/C32H40O14/c1-16(33)40-15-31-25(43-19(4)36)22(41-17(2)34)14-30(8,39)32(31)26(44-20(5)37)23(29(6,7)46-32)24(42-18(3)35)27(31)45-28(38)21-12-10-9-11-13-21/h9-13,22-27,39H,14-15H2,1-8H3/t22-,23+,24-,25-,26+,27+,30-,31-,32-/m0/s1. The summed E-state index contributed by atoms with van der Waals surface area (Å²) in [6.45, 7) is 9.26. The average Bonchev–Trinajstić information content (AvgIpc) is 3.12. The first kappa shape index (κ1) is 34.8. The maximum atomic E-state index is 13.8. The molecule has 3 aliphatic rings. The molecule has 1 aromatic carbocycles. The van der Waals surface area contributed by atoms with Gasteiger partial charge in [-0.25, -0.2) is 4.79 Å². The lowest BCUT2D eigenvalue weighted by atomic mass is 9.45. The van der Waals surface area contributed by atoms with Crippen molar-refractivity contribution in [3.05, 3.63) is 35.9 Å². The molecule has 4 rings (SSSR count). The quantitative estimate of drug-likeness (QED) is 0.318. The summed E-state index contributed by atoms with van der Waals surface area (Å²) >= 11 is 0. The van der Waals surface area contributed by atoms with Gasteiger partial charge in [-0.2, -0.15) is 0 Å². The molecule has 1 aromatic rings. The molecule has 252 valence electrons. The van der Waals surface area contributed by atoms with Crippen molar-refractivity contribution in [2.24, 2.45) is 11.3 Å². The molecule has 1 spiro atoms. The second-order valence-corrected chi connectivity index (χ2v) is 12.7. The lowest BCUT2D eigenvalue weighted by Gasteiger charge is -2.66. The van der Waals surface area contributed by atoms with E-state index in [4.69, 9.17) is 33.2 Å². The van der Waals surface area contributed by atoms with E-state index in [1.165, 1.54) is 19.1 Å². The molecule has 1 saturated heterocycles. The summed E-state index contributed by atoms with van der Waals surface area (Å²) in [5, 5.41) is 12.5. The molecule has 2 saturated carbocycles. The fraction of sp³-hybridized carbons (Fsp3) is 0.625. The van der Waals surface area contributed by atoms with Gasteiger partial charge >= 0.3 is 35.8 Å². The van der Waals surface area contributed by atoms with Crippen LogP contribution < -0.4 is 0 Å². The third-order valence-corrected chi connectivity index (χ3v) is 9.01. The van der Waals surface area contributed by atoms with E-state index < -0.39 is 107 Å².